The maximum Gasteiger partial charge on any atom is 0.309 e. The van der Waals surface area contributed by atoms with Crippen molar-refractivity contribution in [2.45, 2.75) is 42.7 Å². The van der Waals surface area contributed by atoms with Gasteiger partial charge < -0.3 is 5.11 Å². The fourth-order valence-corrected chi connectivity index (χ4v) is 3.28. The highest BCUT2D eigenvalue weighted by atomic mass is 32.2. The van der Waals surface area contributed by atoms with E-state index in [1.807, 2.05) is 5.38 Å². The van der Waals surface area contributed by atoms with E-state index in [0.717, 1.165) is 17.2 Å². The summed E-state index contributed by atoms with van der Waals surface area (Å²) in [5.41, 5.74) is 0.668. The highest BCUT2D eigenvalue weighted by Gasteiger charge is 2.10. The van der Waals surface area contributed by atoms with Crippen LogP contribution in [0.15, 0.2) is 9.72 Å². The first-order valence-corrected chi connectivity index (χ1v) is 6.74. The largest absolute Gasteiger partial charge is 0.481 e. The molecule has 84 valence electrons. The summed E-state index contributed by atoms with van der Waals surface area (Å²) in [6, 6.07) is 0. The van der Waals surface area contributed by atoms with Crippen LogP contribution < -0.4 is 0 Å². The summed E-state index contributed by atoms with van der Waals surface area (Å²) in [6.07, 6.45) is 2.27. The van der Waals surface area contributed by atoms with Crippen LogP contribution in [-0.2, 0) is 11.2 Å². The normalized spacial score (nSPS) is 10.9. The van der Waals surface area contributed by atoms with Crippen LogP contribution in [0.1, 0.15) is 32.4 Å². The molecule has 0 bridgehead atoms. The molecule has 0 radical (unpaired) electrons. The Kier molecular flexibility index (Phi) is 5.11. The van der Waals surface area contributed by atoms with Crippen LogP contribution in [0.3, 0.4) is 0 Å². The second kappa shape index (κ2) is 6.12. The lowest BCUT2D eigenvalue weighted by Crippen LogP contribution is -2.00. The van der Waals surface area contributed by atoms with E-state index in [1.165, 1.54) is 11.3 Å². The maximum atomic E-state index is 10.5. The molecule has 0 unspecified atom stereocenters. The standard InChI is InChI=1S/C10H15NO2S2/c1-3-8(4-2)15-10-11-7(6-14-10)5-9(12)13/h6,8H,3-5H2,1-2H3,(H,12,13). The zero-order chi connectivity index (χ0) is 11.3. The van der Waals surface area contributed by atoms with Gasteiger partial charge in [0.05, 0.1) is 12.1 Å². The number of carbonyl (C=O) groups is 1. The van der Waals surface area contributed by atoms with Gasteiger partial charge in [-0.25, -0.2) is 4.98 Å². The third-order valence-electron chi connectivity index (χ3n) is 2.04. The van der Waals surface area contributed by atoms with Crippen LogP contribution in [0.4, 0.5) is 0 Å². The molecule has 15 heavy (non-hydrogen) atoms. The monoisotopic (exact) mass is 245 g/mol. The predicted molar refractivity (Wildman–Crippen MR) is 63.7 cm³/mol. The number of hydrogen-bond acceptors (Lipinski definition) is 4. The highest BCUT2D eigenvalue weighted by Crippen LogP contribution is 2.30. The summed E-state index contributed by atoms with van der Waals surface area (Å²) in [5, 5.41) is 11.0. The smallest absolute Gasteiger partial charge is 0.309 e. The summed E-state index contributed by atoms with van der Waals surface area (Å²) in [7, 11) is 0. The van der Waals surface area contributed by atoms with Crippen LogP contribution in [0.5, 0.6) is 0 Å². The number of rotatable bonds is 6. The summed E-state index contributed by atoms with van der Waals surface area (Å²) in [5.74, 6) is -0.820. The number of aliphatic carboxylic acids is 1. The Balaban J connectivity index is 2.55. The Morgan fingerprint density at radius 2 is 2.27 bits per heavy atom. The summed E-state index contributed by atoms with van der Waals surface area (Å²) < 4.78 is 0.986. The van der Waals surface area contributed by atoms with Crippen molar-refractivity contribution in [2.75, 3.05) is 0 Å². The molecule has 5 heteroatoms. The van der Waals surface area contributed by atoms with Gasteiger partial charge in [0, 0.05) is 10.6 Å². The van der Waals surface area contributed by atoms with Crippen molar-refractivity contribution >= 4 is 29.1 Å². The van der Waals surface area contributed by atoms with E-state index in [-0.39, 0.29) is 6.42 Å². The van der Waals surface area contributed by atoms with E-state index >= 15 is 0 Å². The van der Waals surface area contributed by atoms with Gasteiger partial charge in [0.1, 0.15) is 4.34 Å². The fraction of sp³-hybridized carbons (Fsp3) is 0.600. The first-order valence-electron chi connectivity index (χ1n) is 4.98. The molecule has 0 atom stereocenters. The minimum Gasteiger partial charge on any atom is -0.481 e. The van der Waals surface area contributed by atoms with E-state index in [1.54, 1.807) is 11.8 Å². The van der Waals surface area contributed by atoms with E-state index < -0.39 is 5.97 Å². The van der Waals surface area contributed by atoms with Crippen LogP contribution in [0.25, 0.3) is 0 Å². The van der Waals surface area contributed by atoms with Gasteiger partial charge >= 0.3 is 5.97 Å². The van der Waals surface area contributed by atoms with Gasteiger partial charge in [0.25, 0.3) is 0 Å². The molecule has 0 saturated heterocycles. The fourth-order valence-electron chi connectivity index (χ4n) is 1.18. The van der Waals surface area contributed by atoms with Crippen LogP contribution >= 0.6 is 23.1 Å². The second-order valence-electron chi connectivity index (χ2n) is 3.23. The predicted octanol–water partition coefficient (Wildman–Crippen LogP) is 3.05. The van der Waals surface area contributed by atoms with Gasteiger partial charge in [-0.05, 0) is 12.8 Å². The molecule has 0 aliphatic carbocycles. The number of nitrogens with zero attached hydrogens (tertiary/aromatic N) is 1. The number of carboxylic acid groups (broad SMARTS) is 1. The van der Waals surface area contributed by atoms with Crippen molar-refractivity contribution in [3.05, 3.63) is 11.1 Å². The molecule has 0 amide bonds. The van der Waals surface area contributed by atoms with Crippen molar-refractivity contribution in [3.8, 4) is 0 Å². The van der Waals surface area contributed by atoms with Crippen LogP contribution in [0.2, 0.25) is 0 Å². The topological polar surface area (TPSA) is 50.2 Å². The molecule has 1 aromatic heterocycles. The Morgan fingerprint density at radius 1 is 1.60 bits per heavy atom. The quantitative estimate of drug-likeness (QED) is 0.783. The molecule has 1 heterocycles. The Hall–Kier alpha value is -0.550. The Labute approximate surface area is 97.9 Å². The van der Waals surface area contributed by atoms with Gasteiger partial charge in [-0.15, -0.1) is 11.3 Å². The molecule has 1 aromatic rings. The molecule has 0 aliphatic rings. The molecule has 3 nitrogen and oxygen atoms in total. The van der Waals surface area contributed by atoms with Gasteiger partial charge in [0.2, 0.25) is 0 Å². The van der Waals surface area contributed by atoms with Gasteiger partial charge in [0.15, 0.2) is 0 Å². The third-order valence-corrected chi connectivity index (χ3v) is 4.59. The zero-order valence-corrected chi connectivity index (χ0v) is 10.5. The molecule has 0 spiro atoms. The number of hydrogen-bond donors (Lipinski definition) is 1. The minimum atomic E-state index is -0.820. The molecule has 0 saturated carbocycles. The highest BCUT2D eigenvalue weighted by molar-refractivity contribution is 8.01. The van der Waals surface area contributed by atoms with E-state index in [4.69, 9.17) is 5.11 Å². The van der Waals surface area contributed by atoms with Crippen molar-refractivity contribution in [3.63, 3.8) is 0 Å². The van der Waals surface area contributed by atoms with Gasteiger partial charge in [-0.2, -0.15) is 0 Å². The van der Waals surface area contributed by atoms with Crippen molar-refractivity contribution in [1.29, 1.82) is 0 Å². The minimum absolute atomic E-state index is 0.0278. The summed E-state index contributed by atoms with van der Waals surface area (Å²) >= 11 is 3.29. The molecular weight excluding hydrogens is 230 g/mol. The zero-order valence-electron chi connectivity index (χ0n) is 8.90. The van der Waals surface area contributed by atoms with Gasteiger partial charge in [-0.3, -0.25) is 4.79 Å². The van der Waals surface area contributed by atoms with Crippen molar-refractivity contribution in [1.82, 2.24) is 4.98 Å². The average molecular weight is 245 g/mol. The van der Waals surface area contributed by atoms with E-state index in [0.29, 0.717) is 10.9 Å². The molecule has 0 fully saturated rings. The van der Waals surface area contributed by atoms with Crippen LogP contribution in [-0.4, -0.2) is 21.3 Å². The van der Waals surface area contributed by atoms with Crippen molar-refractivity contribution < 1.29 is 9.90 Å². The Morgan fingerprint density at radius 3 is 2.80 bits per heavy atom. The van der Waals surface area contributed by atoms with E-state index in [2.05, 4.69) is 18.8 Å². The molecule has 1 rings (SSSR count). The molecular formula is C10H15NO2S2. The number of thioether (sulfide) groups is 1. The maximum absolute atomic E-state index is 10.5. The van der Waals surface area contributed by atoms with Crippen LogP contribution in [0, 0.1) is 0 Å². The lowest BCUT2D eigenvalue weighted by atomic mass is 10.3. The average Bonchev–Trinajstić information content (AvgIpc) is 2.61. The number of thiazole rings is 1. The van der Waals surface area contributed by atoms with Gasteiger partial charge in [-0.1, -0.05) is 25.6 Å². The Bertz CT molecular complexity index is 321. The number of aromatic nitrogens is 1. The molecule has 0 aliphatic heterocycles. The first-order chi connectivity index (χ1) is 7.15. The lowest BCUT2D eigenvalue weighted by Gasteiger charge is -2.08. The van der Waals surface area contributed by atoms with Crippen molar-refractivity contribution in [2.24, 2.45) is 0 Å². The number of carboxylic acids is 1. The SMILES string of the molecule is CCC(CC)Sc1nc(CC(=O)O)cs1. The third kappa shape index (κ3) is 4.22. The van der Waals surface area contributed by atoms with E-state index in [9.17, 15) is 4.79 Å². The summed E-state index contributed by atoms with van der Waals surface area (Å²) in [6.45, 7) is 4.32. The lowest BCUT2D eigenvalue weighted by molar-refractivity contribution is -0.136. The second-order valence-corrected chi connectivity index (χ2v) is 5.64. The molecule has 1 N–H and O–H groups in total. The summed E-state index contributed by atoms with van der Waals surface area (Å²) in [4.78, 5) is 14.8. The first kappa shape index (κ1) is 12.5. The molecule has 0 aromatic carbocycles.